The lowest BCUT2D eigenvalue weighted by atomic mass is 9.68. The van der Waals surface area contributed by atoms with Crippen molar-refractivity contribution >= 4 is 5.97 Å². The number of ether oxygens (including phenoxy) is 1. The van der Waals surface area contributed by atoms with Crippen molar-refractivity contribution in [1.29, 1.82) is 0 Å². The van der Waals surface area contributed by atoms with Gasteiger partial charge in [-0.2, -0.15) is 0 Å². The van der Waals surface area contributed by atoms with Crippen molar-refractivity contribution in [3.63, 3.8) is 0 Å². The zero-order chi connectivity index (χ0) is 15.7. The van der Waals surface area contributed by atoms with Gasteiger partial charge in [0.25, 0.3) is 0 Å². The summed E-state index contributed by atoms with van der Waals surface area (Å²) in [6.07, 6.45) is 5.06. The van der Waals surface area contributed by atoms with Crippen LogP contribution < -0.4 is 5.32 Å². The molecule has 1 aromatic rings. The van der Waals surface area contributed by atoms with E-state index in [1.54, 1.807) is 0 Å². The molecule has 0 amide bonds. The Morgan fingerprint density at radius 1 is 1.18 bits per heavy atom. The number of carbonyl (C=O) groups excluding carboxylic acids is 1. The largest absolute Gasteiger partial charge is 0.468 e. The average Bonchev–Trinajstić information content (AvgIpc) is 3.32. The third-order valence-corrected chi connectivity index (χ3v) is 4.91. The Morgan fingerprint density at radius 2 is 1.82 bits per heavy atom. The zero-order valence-electron chi connectivity index (χ0n) is 12.7. The van der Waals surface area contributed by atoms with Crippen LogP contribution in [-0.2, 0) is 14.9 Å². The van der Waals surface area contributed by atoms with Gasteiger partial charge in [0.15, 0.2) is 0 Å². The van der Waals surface area contributed by atoms with Gasteiger partial charge in [0.2, 0.25) is 0 Å². The van der Waals surface area contributed by atoms with Gasteiger partial charge < -0.3 is 10.1 Å². The highest BCUT2D eigenvalue weighted by atomic mass is 19.1. The van der Waals surface area contributed by atoms with E-state index in [0.717, 1.165) is 18.9 Å². The quantitative estimate of drug-likeness (QED) is 0.869. The van der Waals surface area contributed by atoms with Gasteiger partial charge in [0.1, 0.15) is 11.6 Å². The fraction of sp³-hybridized carbons (Fsp3) is 0.588. The van der Waals surface area contributed by atoms with Crippen LogP contribution in [0.25, 0.3) is 0 Å². The van der Waals surface area contributed by atoms with Gasteiger partial charge in [-0.05, 0) is 44.6 Å². The smallest absolute Gasteiger partial charge is 0.316 e. The van der Waals surface area contributed by atoms with Gasteiger partial charge >= 0.3 is 5.97 Å². The third kappa shape index (κ3) is 2.86. The van der Waals surface area contributed by atoms with E-state index >= 15 is 0 Å². The molecule has 0 aliphatic heterocycles. The van der Waals surface area contributed by atoms with Crippen molar-refractivity contribution in [2.45, 2.75) is 56.0 Å². The molecule has 2 aliphatic rings. The first-order valence-electron chi connectivity index (χ1n) is 7.85. The summed E-state index contributed by atoms with van der Waals surface area (Å²) in [6.45, 7) is 0. The summed E-state index contributed by atoms with van der Waals surface area (Å²) < 4.78 is 32.3. The molecule has 3 rings (SSSR count). The first kappa shape index (κ1) is 15.4. The van der Waals surface area contributed by atoms with Gasteiger partial charge in [-0.3, -0.25) is 4.79 Å². The van der Waals surface area contributed by atoms with Crippen LogP contribution in [0.15, 0.2) is 18.2 Å². The molecule has 120 valence electrons. The molecular weight excluding hydrogens is 288 g/mol. The van der Waals surface area contributed by atoms with Gasteiger partial charge in [-0.1, -0.05) is 6.07 Å². The minimum Gasteiger partial charge on any atom is -0.468 e. The summed E-state index contributed by atoms with van der Waals surface area (Å²) >= 11 is 0. The molecule has 0 saturated heterocycles. The zero-order valence-corrected chi connectivity index (χ0v) is 12.7. The van der Waals surface area contributed by atoms with Crippen LogP contribution in [-0.4, -0.2) is 25.2 Å². The van der Waals surface area contributed by atoms with Gasteiger partial charge in [0.05, 0.1) is 12.5 Å². The molecule has 3 nitrogen and oxygen atoms in total. The molecule has 1 aromatic carbocycles. The molecule has 0 atom stereocenters. The second-order valence-corrected chi connectivity index (χ2v) is 6.41. The molecule has 0 unspecified atom stereocenters. The molecule has 22 heavy (non-hydrogen) atoms. The van der Waals surface area contributed by atoms with Crippen LogP contribution in [0.1, 0.15) is 44.1 Å². The number of hydrogen-bond donors (Lipinski definition) is 1. The molecule has 0 heterocycles. The Bertz CT molecular complexity index is 564. The van der Waals surface area contributed by atoms with Crippen LogP contribution in [0.5, 0.6) is 0 Å². The van der Waals surface area contributed by atoms with E-state index in [4.69, 9.17) is 4.74 Å². The van der Waals surface area contributed by atoms with E-state index in [2.05, 4.69) is 5.32 Å². The number of benzene rings is 1. The molecule has 0 bridgehead atoms. The summed E-state index contributed by atoms with van der Waals surface area (Å²) in [5, 5.41) is 3.56. The second-order valence-electron chi connectivity index (χ2n) is 6.41. The highest BCUT2D eigenvalue weighted by Gasteiger charge is 2.46. The number of nitrogens with one attached hydrogen (secondary N) is 1. The average molecular weight is 309 g/mol. The summed E-state index contributed by atoms with van der Waals surface area (Å²) in [6, 6.07) is 4.41. The van der Waals surface area contributed by atoms with E-state index in [0.29, 0.717) is 24.9 Å². The van der Waals surface area contributed by atoms with Crippen LogP contribution in [0.2, 0.25) is 0 Å². The van der Waals surface area contributed by atoms with Crippen molar-refractivity contribution in [2.75, 3.05) is 7.11 Å². The predicted octanol–water partition coefficient (Wildman–Crippen LogP) is 3.07. The number of hydrogen-bond acceptors (Lipinski definition) is 3. The molecule has 1 N–H and O–H groups in total. The fourth-order valence-electron chi connectivity index (χ4n) is 3.52. The third-order valence-electron chi connectivity index (χ3n) is 4.91. The maximum Gasteiger partial charge on any atom is 0.316 e. The Labute approximate surface area is 129 Å². The van der Waals surface area contributed by atoms with Crippen LogP contribution in [0.3, 0.4) is 0 Å². The van der Waals surface area contributed by atoms with E-state index in [1.807, 2.05) is 0 Å². The van der Waals surface area contributed by atoms with E-state index in [9.17, 15) is 13.6 Å². The summed E-state index contributed by atoms with van der Waals surface area (Å²) in [7, 11) is 1.32. The molecule has 0 radical (unpaired) electrons. The minimum atomic E-state index is -0.992. The SMILES string of the molecule is COC(=O)[C@]1(c2ccc(F)cc2F)CC[C@@H](NC2CC2)CC1. The number of halogens is 2. The highest BCUT2D eigenvalue weighted by molar-refractivity contribution is 5.83. The normalized spacial score (nSPS) is 28.4. The predicted molar refractivity (Wildman–Crippen MR) is 78.5 cm³/mol. The van der Waals surface area contributed by atoms with Crippen molar-refractivity contribution in [1.82, 2.24) is 5.32 Å². The molecule has 5 heteroatoms. The first-order chi connectivity index (χ1) is 10.5. The molecular formula is C17H21F2NO2. The topological polar surface area (TPSA) is 38.3 Å². The van der Waals surface area contributed by atoms with Crippen LogP contribution >= 0.6 is 0 Å². The standard InChI is InChI=1S/C17H21F2NO2/c1-22-16(21)17(14-5-2-11(18)10-15(14)19)8-6-13(7-9-17)20-12-3-4-12/h2,5,10,12-13,20H,3-4,6-9H2,1H3/t13-,17-. The highest BCUT2D eigenvalue weighted by Crippen LogP contribution is 2.42. The van der Waals surface area contributed by atoms with E-state index < -0.39 is 23.0 Å². The summed E-state index contributed by atoms with van der Waals surface area (Å²) in [5.41, 5.74) is -0.737. The molecule has 2 aliphatic carbocycles. The lowest BCUT2D eigenvalue weighted by Crippen LogP contribution is -2.46. The van der Waals surface area contributed by atoms with E-state index in [-0.39, 0.29) is 5.56 Å². The Hall–Kier alpha value is -1.49. The van der Waals surface area contributed by atoms with Gasteiger partial charge in [-0.25, -0.2) is 8.78 Å². The van der Waals surface area contributed by atoms with Crippen molar-refractivity contribution in [3.8, 4) is 0 Å². The fourth-order valence-corrected chi connectivity index (χ4v) is 3.52. The maximum atomic E-state index is 14.2. The van der Waals surface area contributed by atoms with Crippen molar-refractivity contribution < 1.29 is 18.3 Å². The lowest BCUT2D eigenvalue weighted by molar-refractivity contribution is -0.149. The first-order valence-corrected chi connectivity index (χ1v) is 7.85. The summed E-state index contributed by atoms with van der Waals surface area (Å²) in [5.74, 6) is -1.73. The lowest BCUT2D eigenvalue weighted by Gasteiger charge is -2.38. The Kier molecular flexibility index (Phi) is 4.17. The Morgan fingerprint density at radius 3 is 2.36 bits per heavy atom. The van der Waals surface area contributed by atoms with Gasteiger partial charge in [-0.15, -0.1) is 0 Å². The second kappa shape index (κ2) is 5.95. The summed E-state index contributed by atoms with van der Waals surface area (Å²) in [4.78, 5) is 12.4. The maximum absolute atomic E-state index is 14.2. The van der Waals surface area contributed by atoms with Crippen LogP contribution in [0.4, 0.5) is 8.78 Å². The monoisotopic (exact) mass is 309 g/mol. The van der Waals surface area contributed by atoms with Crippen LogP contribution in [0, 0.1) is 11.6 Å². The number of esters is 1. The van der Waals surface area contributed by atoms with Crippen molar-refractivity contribution in [2.24, 2.45) is 0 Å². The van der Waals surface area contributed by atoms with Crippen molar-refractivity contribution in [3.05, 3.63) is 35.4 Å². The number of rotatable bonds is 4. The molecule has 0 aromatic heterocycles. The molecule has 2 saturated carbocycles. The van der Waals surface area contributed by atoms with Gasteiger partial charge in [0, 0.05) is 23.7 Å². The van der Waals surface area contributed by atoms with E-state index in [1.165, 1.54) is 32.1 Å². The number of carbonyl (C=O) groups is 1. The molecule has 0 spiro atoms. The minimum absolute atomic E-state index is 0.255. The Balaban J connectivity index is 1.84. The number of methoxy groups -OCH3 is 1. The molecule has 2 fully saturated rings.